The molecule has 16 nitrogen and oxygen atoms in total. The second-order valence-corrected chi connectivity index (χ2v) is 21.2. The first kappa shape index (κ1) is 45.3. The number of ether oxygens (including phenoxy) is 7. The molecule has 0 aromatic carbocycles. The van der Waals surface area contributed by atoms with Gasteiger partial charge in [-0.3, -0.25) is 5.32 Å². The van der Waals surface area contributed by atoms with Crippen LogP contribution in [-0.2, 0) is 33.2 Å². The van der Waals surface area contributed by atoms with Crippen LogP contribution in [0, 0.1) is 46.3 Å². The van der Waals surface area contributed by atoms with Crippen molar-refractivity contribution in [2.45, 2.75) is 209 Å². The lowest BCUT2D eigenvalue weighted by Gasteiger charge is -2.59. The number of aliphatic hydroxyl groups excluding tert-OH is 8. The zero-order valence-electron chi connectivity index (χ0n) is 36.6. The SMILES string of the molecule is CC1OC(OC2C(OC3CC[C@@]4(C)C(=CCC5C6CC7OC8(CC[C@@H](C)CN8)[C@@H](C)C7[C@@]6(C)CCC54)C3)OC(CO)C(O)C2OC2OC(C)C(O)C(O)C2O)C(O)C(O)C1O. The van der Waals surface area contributed by atoms with Gasteiger partial charge in [-0.2, -0.15) is 0 Å². The van der Waals surface area contributed by atoms with Crippen LogP contribution in [-0.4, -0.2) is 164 Å². The molecule has 5 aliphatic heterocycles. The molecule has 9 N–H and O–H groups in total. The molecule has 5 heterocycles. The van der Waals surface area contributed by atoms with E-state index in [1.807, 2.05) is 0 Å². The van der Waals surface area contributed by atoms with Crippen LogP contribution in [0.2, 0.25) is 0 Å². The Bertz CT molecular complexity index is 1600. The highest BCUT2D eigenvalue weighted by molar-refractivity contribution is 5.26. The van der Waals surface area contributed by atoms with Crippen molar-refractivity contribution in [3.8, 4) is 0 Å². The van der Waals surface area contributed by atoms with E-state index in [-0.39, 0.29) is 28.8 Å². The van der Waals surface area contributed by atoms with E-state index in [2.05, 4.69) is 39.1 Å². The lowest BCUT2D eigenvalue weighted by molar-refractivity contribution is -0.393. The number of hydrogen-bond acceptors (Lipinski definition) is 16. The molecule has 22 unspecified atom stereocenters. The summed E-state index contributed by atoms with van der Waals surface area (Å²) in [5, 5.41) is 89.7. The van der Waals surface area contributed by atoms with E-state index >= 15 is 0 Å². The van der Waals surface area contributed by atoms with Crippen molar-refractivity contribution >= 4 is 0 Å². The standard InChI is InChI=1S/C45H73NO15/c1-19-9-14-45(46-17-19)20(2)30-28(61-45)16-27-25-8-7-23-15-24(10-12-43(23,5)26(25)11-13-44(27,30)6)57-42-39(60-41-37(54)35(52)32(49)22(4)56-41)38(33(50)29(18-47)58-42)59-40-36(53)34(51)31(48)21(3)55-40/h7,19-22,24-42,46-54H,8-18H2,1-6H3/t19-,20+,21?,22?,24?,25?,26?,27?,28?,29?,30?,31?,32?,33?,34?,35?,36?,37?,38?,39?,40?,41?,42?,43+,44+,45?/m1/s1. The third-order valence-corrected chi connectivity index (χ3v) is 17.9. The molecule has 9 aliphatic rings. The largest absolute Gasteiger partial charge is 0.394 e. The normalized spacial score (nSPS) is 58.4. The molecular formula is C45H73NO15. The van der Waals surface area contributed by atoms with Gasteiger partial charge in [-0.1, -0.05) is 39.3 Å². The summed E-state index contributed by atoms with van der Waals surface area (Å²) in [4.78, 5) is 0. The summed E-state index contributed by atoms with van der Waals surface area (Å²) in [6, 6.07) is 0. The van der Waals surface area contributed by atoms with E-state index in [1.54, 1.807) is 0 Å². The summed E-state index contributed by atoms with van der Waals surface area (Å²) in [7, 11) is 0. The lowest BCUT2D eigenvalue weighted by Crippen LogP contribution is -2.67. The first-order chi connectivity index (χ1) is 28.9. The smallest absolute Gasteiger partial charge is 0.187 e. The average molecular weight is 868 g/mol. The number of rotatable bonds is 7. The van der Waals surface area contributed by atoms with E-state index in [1.165, 1.54) is 38.7 Å². The fraction of sp³-hybridized carbons (Fsp3) is 0.956. The summed E-state index contributed by atoms with van der Waals surface area (Å²) >= 11 is 0. The van der Waals surface area contributed by atoms with Crippen LogP contribution in [0.1, 0.15) is 99.3 Å². The summed E-state index contributed by atoms with van der Waals surface area (Å²) in [5.74, 6) is 3.40. The molecular weight excluding hydrogens is 794 g/mol. The van der Waals surface area contributed by atoms with Crippen LogP contribution in [0.4, 0.5) is 0 Å². The van der Waals surface area contributed by atoms with Crippen molar-refractivity contribution in [1.29, 1.82) is 0 Å². The molecule has 3 saturated carbocycles. The van der Waals surface area contributed by atoms with Crippen LogP contribution in [0.25, 0.3) is 0 Å². The maximum absolute atomic E-state index is 11.6. The molecule has 1 spiro atoms. The molecule has 5 saturated heterocycles. The molecule has 26 atom stereocenters. The van der Waals surface area contributed by atoms with E-state index in [0.717, 1.165) is 32.2 Å². The van der Waals surface area contributed by atoms with Crippen molar-refractivity contribution in [3.63, 3.8) is 0 Å². The van der Waals surface area contributed by atoms with Gasteiger partial charge in [0, 0.05) is 12.5 Å². The number of nitrogens with one attached hydrogen (secondary N) is 1. The first-order valence-corrected chi connectivity index (χ1v) is 23.3. The van der Waals surface area contributed by atoms with Gasteiger partial charge < -0.3 is 74.0 Å². The number of hydrogen-bond donors (Lipinski definition) is 9. The Morgan fingerprint density at radius 2 is 1.36 bits per heavy atom. The van der Waals surface area contributed by atoms with Crippen LogP contribution in [0.5, 0.6) is 0 Å². The molecule has 61 heavy (non-hydrogen) atoms. The Morgan fingerprint density at radius 1 is 0.705 bits per heavy atom. The van der Waals surface area contributed by atoms with Gasteiger partial charge in [0.05, 0.1) is 31.0 Å². The van der Waals surface area contributed by atoms with Crippen molar-refractivity contribution in [1.82, 2.24) is 5.32 Å². The van der Waals surface area contributed by atoms with Crippen molar-refractivity contribution in [2.75, 3.05) is 13.2 Å². The minimum atomic E-state index is -1.73. The van der Waals surface area contributed by atoms with Gasteiger partial charge in [0.15, 0.2) is 18.9 Å². The molecule has 4 aliphatic carbocycles. The number of allylic oxidation sites excluding steroid dienone is 1. The average Bonchev–Trinajstić information content (AvgIpc) is 3.69. The third kappa shape index (κ3) is 7.42. The van der Waals surface area contributed by atoms with Gasteiger partial charge in [0.2, 0.25) is 0 Å². The van der Waals surface area contributed by atoms with Crippen LogP contribution in [0.3, 0.4) is 0 Å². The Hall–Kier alpha value is -0.900. The van der Waals surface area contributed by atoms with Crippen molar-refractivity contribution < 1.29 is 74.0 Å². The van der Waals surface area contributed by atoms with Crippen LogP contribution >= 0.6 is 0 Å². The van der Waals surface area contributed by atoms with Gasteiger partial charge in [-0.05, 0) is 112 Å². The first-order valence-electron chi connectivity index (χ1n) is 23.3. The Morgan fingerprint density at radius 3 is 1.98 bits per heavy atom. The van der Waals surface area contributed by atoms with E-state index in [0.29, 0.717) is 48.3 Å². The summed E-state index contributed by atoms with van der Waals surface area (Å²) in [6.07, 6.45) is -10.2. The lowest BCUT2D eigenvalue weighted by atomic mass is 9.47. The summed E-state index contributed by atoms with van der Waals surface area (Å²) in [5.41, 5.74) is 1.38. The van der Waals surface area contributed by atoms with Gasteiger partial charge in [0.25, 0.3) is 0 Å². The highest BCUT2D eigenvalue weighted by Gasteiger charge is 2.68. The van der Waals surface area contributed by atoms with E-state index < -0.39 is 98.7 Å². The Balaban J connectivity index is 0.937. The Kier molecular flexibility index (Phi) is 12.4. The molecule has 0 aromatic rings. The highest BCUT2D eigenvalue weighted by Crippen LogP contribution is 2.70. The molecule has 0 radical (unpaired) electrons. The minimum Gasteiger partial charge on any atom is -0.394 e. The van der Waals surface area contributed by atoms with Crippen molar-refractivity contribution in [3.05, 3.63) is 11.6 Å². The third-order valence-electron chi connectivity index (χ3n) is 17.9. The number of piperidine rings is 1. The van der Waals surface area contributed by atoms with E-state index in [9.17, 15) is 40.9 Å². The highest BCUT2D eigenvalue weighted by atomic mass is 16.8. The topological polar surface area (TPSA) is 238 Å². The van der Waals surface area contributed by atoms with Gasteiger partial charge in [0.1, 0.15) is 66.8 Å². The fourth-order valence-electron chi connectivity index (χ4n) is 14.1. The summed E-state index contributed by atoms with van der Waals surface area (Å²) in [6.45, 7) is 13.2. The molecule has 0 aromatic heterocycles. The van der Waals surface area contributed by atoms with Crippen LogP contribution < -0.4 is 5.32 Å². The second kappa shape index (κ2) is 16.8. The van der Waals surface area contributed by atoms with Gasteiger partial charge >= 0.3 is 0 Å². The minimum absolute atomic E-state index is 0.0148. The zero-order chi connectivity index (χ0) is 43.5. The molecule has 8 fully saturated rings. The monoisotopic (exact) mass is 867 g/mol. The zero-order valence-corrected chi connectivity index (χ0v) is 36.6. The van der Waals surface area contributed by atoms with Crippen LogP contribution in [0.15, 0.2) is 11.6 Å². The maximum Gasteiger partial charge on any atom is 0.187 e. The second-order valence-electron chi connectivity index (χ2n) is 21.2. The molecule has 0 bridgehead atoms. The summed E-state index contributed by atoms with van der Waals surface area (Å²) < 4.78 is 44.1. The number of aliphatic hydroxyl groups is 8. The Labute approximate surface area is 359 Å². The molecule has 348 valence electrons. The quantitative estimate of drug-likeness (QED) is 0.161. The molecule has 9 rings (SSSR count). The molecule has 0 amide bonds. The molecule has 16 heteroatoms. The predicted molar refractivity (Wildman–Crippen MR) is 215 cm³/mol. The maximum atomic E-state index is 11.6. The van der Waals surface area contributed by atoms with Gasteiger partial charge in [-0.15, -0.1) is 0 Å². The van der Waals surface area contributed by atoms with Gasteiger partial charge in [-0.25, -0.2) is 0 Å². The predicted octanol–water partition coefficient (Wildman–Crippen LogP) is 0.815. The number of fused-ring (bicyclic) bond motifs is 7. The fourth-order valence-corrected chi connectivity index (χ4v) is 14.1. The van der Waals surface area contributed by atoms with E-state index in [4.69, 9.17) is 33.2 Å². The van der Waals surface area contributed by atoms with Crippen molar-refractivity contribution in [2.24, 2.45) is 46.3 Å².